The second-order valence-electron chi connectivity index (χ2n) is 5.63. The number of nitrogens with two attached hydrogens (primary N) is 1. The molecule has 0 heterocycles. The normalized spacial score (nSPS) is 10.5. The van der Waals surface area contributed by atoms with Crippen LogP contribution in [0.3, 0.4) is 0 Å². The van der Waals surface area contributed by atoms with Gasteiger partial charge in [-0.1, -0.05) is 19.9 Å². The van der Waals surface area contributed by atoms with Crippen LogP contribution in [0.25, 0.3) is 0 Å². The summed E-state index contributed by atoms with van der Waals surface area (Å²) in [7, 11) is 0. The molecule has 0 atom stereocenters. The maximum Gasteiger partial charge on any atom is 0.251 e. The van der Waals surface area contributed by atoms with Crippen LogP contribution in [0.5, 0.6) is 0 Å². The summed E-state index contributed by atoms with van der Waals surface area (Å²) in [4.78, 5) is 23.4. The van der Waals surface area contributed by atoms with Crippen LogP contribution in [0.4, 0.5) is 11.4 Å². The summed E-state index contributed by atoms with van der Waals surface area (Å²) in [5, 5.41) is 6.24. The van der Waals surface area contributed by atoms with Gasteiger partial charge in [0.2, 0.25) is 5.91 Å². The van der Waals surface area contributed by atoms with Gasteiger partial charge in [0.1, 0.15) is 0 Å². The average molecular weight is 325 g/mol. The van der Waals surface area contributed by atoms with E-state index in [-0.39, 0.29) is 11.9 Å². The van der Waals surface area contributed by atoms with Gasteiger partial charge in [0, 0.05) is 28.5 Å². The number of benzene rings is 2. The molecule has 5 nitrogen and oxygen atoms in total. The first kappa shape index (κ1) is 17.5. The zero-order valence-electron chi connectivity index (χ0n) is 14.0. The lowest BCUT2D eigenvalue weighted by atomic mass is 10.1. The zero-order chi connectivity index (χ0) is 17.5. The second kappa shape index (κ2) is 8.15. The summed E-state index contributed by atoms with van der Waals surface area (Å²) < 4.78 is 0. The van der Waals surface area contributed by atoms with E-state index in [1.54, 1.807) is 36.4 Å². The molecule has 0 radical (unpaired) electrons. The number of primary amides is 1. The molecular weight excluding hydrogens is 302 g/mol. The highest BCUT2D eigenvalue weighted by Crippen LogP contribution is 2.18. The van der Waals surface area contributed by atoms with Crippen molar-refractivity contribution in [2.24, 2.45) is 5.73 Å². The highest BCUT2D eigenvalue weighted by Gasteiger charge is 2.11. The van der Waals surface area contributed by atoms with Crippen molar-refractivity contribution in [3.8, 4) is 0 Å². The van der Waals surface area contributed by atoms with Crippen molar-refractivity contribution in [2.45, 2.75) is 32.7 Å². The Morgan fingerprint density at radius 3 is 2.21 bits per heavy atom. The zero-order valence-corrected chi connectivity index (χ0v) is 14.0. The third-order valence-electron chi connectivity index (χ3n) is 3.90. The molecule has 126 valence electrons. The first-order chi connectivity index (χ1) is 11.5. The van der Waals surface area contributed by atoms with Gasteiger partial charge in [-0.15, -0.1) is 0 Å². The van der Waals surface area contributed by atoms with E-state index < -0.39 is 5.91 Å². The molecule has 0 aliphatic heterocycles. The third kappa shape index (κ3) is 4.59. The molecule has 0 bridgehead atoms. The molecule has 0 fully saturated rings. The van der Waals surface area contributed by atoms with Gasteiger partial charge in [-0.2, -0.15) is 0 Å². The lowest BCUT2D eigenvalue weighted by Gasteiger charge is -2.15. The number of hydrogen-bond acceptors (Lipinski definition) is 3. The van der Waals surface area contributed by atoms with E-state index >= 15 is 0 Å². The van der Waals surface area contributed by atoms with Crippen molar-refractivity contribution < 1.29 is 9.59 Å². The Bertz CT molecular complexity index is 707. The first-order valence-electron chi connectivity index (χ1n) is 8.11. The fraction of sp³-hybridized carbons (Fsp3) is 0.263. The molecule has 0 spiro atoms. The third-order valence-corrected chi connectivity index (χ3v) is 3.90. The molecule has 24 heavy (non-hydrogen) atoms. The van der Waals surface area contributed by atoms with Gasteiger partial charge in [0.15, 0.2) is 0 Å². The van der Waals surface area contributed by atoms with Crippen molar-refractivity contribution in [1.82, 2.24) is 5.32 Å². The van der Waals surface area contributed by atoms with Gasteiger partial charge in [0.25, 0.3) is 5.91 Å². The smallest absolute Gasteiger partial charge is 0.251 e. The Kier molecular flexibility index (Phi) is 5.95. The summed E-state index contributed by atoms with van der Waals surface area (Å²) in [6, 6.07) is 14.4. The lowest BCUT2D eigenvalue weighted by molar-refractivity contribution is 0.0934. The van der Waals surface area contributed by atoms with Gasteiger partial charge in [-0.05, 0) is 55.3 Å². The topological polar surface area (TPSA) is 84.2 Å². The first-order valence-corrected chi connectivity index (χ1v) is 8.11. The van der Waals surface area contributed by atoms with Gasteiger partial charge in [-0.25, -0.2) is 0 Å². The Morgan fingerprint density at radius 2 is 1.62 bits per heavy atom. The van der Waals surface area contributed by atoms with Gasteiger partial charge < -0.3 is 16.4 Å². The lowest BCUT2D eigenvalue weighted by Crippen LogP contribution is -2.33. The molecule has 0 saturated heterocycles. The number of nitrogens with one attached hydrogen (secondary N) is 2. The molecule has 0 saturated carbocycles. The summed E-state index contributed by atoms with van der Waals surface area (Å²) >= 11 is 0. The highest BCUT2D eigenvalue weighted by molar-refractivity contribution is 5.95. The molecule has 0 aliphatic carbocycles. The SMILES string of the molecule is CCC(CC)NC(=O)c1cccc(Nc2ccc(C(N)=O)cc2)c1. The van der Waals surface area contributed by atoms with Gasteiger partial charge in [0.05, 0.1) is 0 Å². The highest BCUT2D eigenvalue weighted by atomic mass is 16.2. The fourth-order valence-corrected chi connectivity index (χ4v) is 2.38. The van der Waals surface area contributed by atoms with Crippen LogP contribution < -0.4 is 16.4 Å². The Morgan fingerprint density at radius 1 is 0.958 bits per heavy atom. The van der Waals surface area contributed by atoms with Crippen LogP contribution in [0.2, 0.25) is 0 Å². The number of hydrogen-bond donors (Lipinski definition) is 3. The summed E-state index contributed by atoms with van der Waals surface area (Å²) in [6.07, 6.45) is 1.82. The quantitative estimate of drug-likeness (QED) is 0.729. The van der Waals surface area contributed by atoms with E-state index in [0.29, 0.717) is 11.1 Å². The summed E-state index contributed by atoms with van der Waals surface area (Å²) in [6.45, 7) is 4.12. The molecule has 2 amide bonds. The maximum absolute atomic E-state index is 12.3. The Hall–Kier alpha value is -2.82. The summed E-state index contributed by atoms with van der Waals surface area (Å²) in [5.74, 6) is -0.530. The predicted octanol–water partition coefficient (Wildman–Crippen LogP) is 3.45. The predicted molar refractivity (Wildman–Crippen MR) is 96.5 cm³/mol. The van der Waals surface area contributed by atoms with E-state index in [1.165, 1.54) is 0 Å². The standard InChI is InChI=1S/C19H23N3O2/c1-3-15(4-2)22-19(24)14-6-5-7-17(12-14)21-16-10-8-13(9-11-16)18(20)23/h5-12,15,21H,3-4H2,1-2H3,(H2,20,23)(H,22,24). The van der Waals surface area contributed by atoms with Crippen LogP contribution in [-0.2, 0) is 0 Å². The molecular formula is C19H23N3O2. The molecule has 0 unspecified atom stereocenters. The molecule has 0 aromatic heterocycles. The van der Waals surface area contributed by atoms with Crippen LogP contribution >= 0.6 is 0 Å². The molecule has 2 aromatic rings. The van der Waals surface area contributed by atoms with E-state index in [4.69, 9.17) is 5.73 Å². The Labute approximate surface area is 142 Å². The minimum Gasteiger partial charge on any atom is -0.366 e. The van der Waals surface area contributed by atoms with Gasteiger partial charge >= 0.3 is 0 Å². The maximum atomic E-state index is 12.3. The molecule has 5 heteroatoms. The van der Waals surface area contributed by atoms with E-state index in [0.717, 1.165) is 24.2 Å². The van der Waals surface area contributed by atoms with Crippen molar-refractivity contribution in [3.63, 3.8) is 0 Å². The van der Waals surface area contributed by atoms with Crippen molar-refractivity contribution >= 4 is 23.2 Å². The van der Waals surface area contributed by atoms with Crippen LogP contribution in [0.1, 0.15) is 47.4 Å². The number of carbonyl (C=O) groups excluding carboxylic acids is 2. The molecule has 0 aliphatic rings. The van der Waals surface area contributed by atoms with E-state index in [1.807, 2.05) is 12.1 Å². The van der Waals surface area contributed by atoms with E-state index in [2.05, 4.69) is 24.5 Å². The number of anilines is 2. The van der Waals surface area contributed by atoms with Crippen LogP contribution in [0, 0.1) is 0 Å². The van der Waals surface area contributed by atoms with Crippen LogP contribution in [0.15, 0.2) is 48.5 Å². The number of amides is 2. The summed E-state index contributed by atoms with van der Waals surface area (Å²) in [5.41, 5.74) is 7.92. The molecule has 4 N–H and O–H groups in total. The van der Waals surface area contributed by atoms with Crippen molar-refractivity contribution in [3.05, 3.63) is 59.7 Å². The average Bonchev–Trinajstić information content (AvgIpc) is 2.60. The Balaban J connectivity index is 2.09. The fourth-order valence-electron chi connectivity index (χ4n) is 2.38. The van der Waals surface area contributed by atoms with Crippen LogP contribution in [-0.4, -0.2) is 17.9 Å². The van der Waals surface area contributed by atoms with E-state index in [9.17, 15) is 9.59 Å². The molecule has 2 rings (SSSR count). The van der Waals surface area contributed by atoms with Crippen molar-refractivity contribution in [1.29, 1.82) is 0 Å². The monoisotopic (exact) mass is 325 g/mol. The molecule has 2 aromatic carbocycles. The van der Waals surface area contributed by atoms with Gasteiger partial charge in [-0.3, -0.25) is 9.59 Å². The minimum atomic E-state index is -0.457. The minimum absolute atomic E-state index is 0.0728. The largest absolute Gasteiger partial charge is 0.366 e. The number of rotatable bonds is 7. The van der Waals surface area contributed by atoms with Crippen molar-refractivity contribution in [2.75, 3.05) is 5.32 Å². The number of carbonyl (C=O) groups is 2. The second-order valence-corrected chi connectivity index (χ2v) is 5.63.